The maximum atomic E-state index is 5.33. The Balaban J connectivity index is 1.89. The van der Waals surface area contributed by atoms with Crippen molar-refractivity contribution in [2.24, 2.45) is 4.99 Å². The second-order valence-electron chi connectivity index (χ2n) is 5.32. The summed E-state index contributed by atoms with van der Waals surface area (Å²) in [5.41, 5.74) is 2.22. The lowest BCUT2D eigenvalue weighted by Crippen LogP contribution is -2.36. The van der Waals surface area contributed by atoms with E-state index in [2.05, 4.69) is 15.6 Å². The lowest BCUT2D eigenvalue weighted by Gasteiger charge is -2.14. The molecule has 0 saturated heterocycles. The van der Waals surface area contributed by atoms with Crippen molar-refractivity contribution in [3.05, 3.63) is 53.6 Å². The van der Waals surface area contributed by atoms with Crippen molar-refractivity contribution < 1.29 is 14.2 Å². The van der Waals surface area contributed by atoms with Gasteiger partial charge in [0.1, 0.15) is 5.75 Å². The quantitative estimate of drug-likeness (QED) is 0.598. The van der Waals surface area contributed by atoms with E-state index in [0.29, 0.717) is 24.6 Å². The van der Waals surface area contributed by atoms with Crippen molar-refractivity contribution in [1.82, 2.24) is 10.6 Å². The van der Waals surface area contributed by atoms with Gasteiger partial charge >= 0.3 is 0 Å². The molecule has 0 spiro atoms. The van der Waals surface area contributed by atoms with Crippen LogP contribution in [-0.2, 0) is 13.1 Å². The largest absolute Gasteiger partial charge is 0.497 e. The highest BCUT2D eigenvalue weighted by atomic mass is 16.5. The molecule has 134 valence electrons. The fourth-order valence-electron chi connectivity index (χ4n) is 2.33. The smallest absolute Gasteiger partial charge is 0.191 e. The Labute approximate surface area is 148 Å². The summed E-state index contributed by atoms with van der Waals surface area (Å²) in [5, 5.41) is 6.57. The molecule has 0 saturated carbocycles. The normalized spacial score (nSPS) is 11.0. The zero-order valence-electron chi connectivity index (χ0n) is 15.1. The highest BCUT2D eigenvalue weighted by Gasteiger charge is 2.05. The summed E-state index contributed by atoms with van der Waals surface area (Å²) in [6.07, 6.45) is 0. The van der Waals surface area contributed by atoms with Crippen molar-refractivity contribution in [3.63, 3.8) is 0 Å². The molecule has 0 atom stereocenters. The summed E-state index contributed by atoms with van der Waals surface area (Å²) < 4.78 is 15.7. The van der Waals surface area contributed by atoms with E-state index in [-0.39, 0.29) is 0 Å². The second-order valence-corrected chi connectivity index (χ2v) is 5.32. The third-order valence-electron chi connectivity index (χ3n) is 3.75. The molecule has 6 heteroatoms. The van der Waals surface area contributed by atoms with E-state index >= 15 is 0 Å². The number of ether oxygens (including phenoxy) is 3. The van der Waals surface area contributed by atoms with Crippen molar-refractivity contribution in [2.45, 2.75) is 13.1 Å². The summed E-state index contributed by atoms with van der Waals surface area (Å²) in [7, 11) is 6.66. The highest BCUT2D eigenvalue weighted by molar-refractivity contribution is 5.79. The fourth-order valence-corrected chi connectivity index (χ4v) is 2.33. The van der Waals surface area contributed by atoms with E-state index in [1.54, 1.807) is 28.4 Å². The molecular formula is C19H25N3O3. The van der Waals surface area contributed by atoms with E-state index in [4.69, 9.17) is 14.2 Å². The highest BCUT2D eigenvalue weighted by Crippen LogP contribution is 2.27. The minimum absolute atomic E-state index is 0.628. The number of hydrogen-bond donors (Lipinski definition) is 2. The van der Waals surface area contributed by atoms with E-state index < -0.39 is 0 Å². The van der Waals surface area contributed by atoms with Crippen LogP contribution in [0.25, 0.3) is 0 Å². The van der Waals surface area contributed by atoms with E-state index in [1.807, 2.05) is 42.5 Å². The molecule has 0 amide bonds. The van der Waals surface area contributed by atoms with Gasteiger partial charge in [-0.15, -0.1) is 0 Å². The Morgan fingerprint density at radius 1 is 0.800 bits per heavy atom. The second kappa shape index (κ2) is 9.42. The topological polar surface area (TPSA) is 64.1 Å². The van der Waals surface area contributed by atoms with Gasteiger partial charge in [-0.1, -0.05) is 18.2 Å². The average Bonchev–Trinajstić information content (AvgIpc) is 2.68. The van der Waals surface area contributed by atoms with Crippen molar-refractivity contribution in [2.75, 3.05) is 28.4 Å². The van der Waals surface area contributed by atoms with Gasteiger partial charge in [-0.2, -0.15) is 0 Å². The molecule has 0 aliphatic heterocycles. The van der Waals surface area contributed by atoms with E-state index in [0.717, 1.165) is 22.8 Å². The van der Waals surface area contributed by atoms with Crippen LogP contribution in [0.3, 0.4) is 0 Å². The van der Waals surface area contributed by atoms with Crippen LogP contribution in [0.15, 0.2) is 47.5 Å². The number of nitrogens with one attached hydrogen (secondary N) is 2. The molecule has 25 heavy (non-hydrogen) atoms. The Bertz CT molecular complexity index is 700. The fraction of sp³-hybridized carbons (Fsp3) is 0.316. The zero-order chi connectivity index (χ0) is 18.1. The van der Waals surface area contributed by atoms with Crippen LogP contribution in [0.5, 0.6) is 17.2 Å². The molecule has 0 aliphatic carbocycles. The molecule has 0 heterocycles. The monoisotopic (exact) mass is 343 g/mol. The Hall–Kier alpha value is -2.89. The van der Waals surface area contributed by atoms with Gasteiger partial charge < -0.3 is 24.8 Å². The minimum atomic E-state index is 0.628. The van der Waals surface area contributed by atoms with Crippen molar-refractivity contribution in [1.29, 1.82) is 0 Å². The molecule has 0 aromatic heterocycles. The maximum absolute atomic E-state index is 5.33. The van der Waals surface area contributed by atoms with Crippen LogP contribution in [-0.4, -0.2) is 34.3 Å². The first-order valence-corrected chi connectivity index (χ1v) is 7.98. The summed E-state index contributed by atoms with van der Waals surface area (Å²) in [4.78, 5) is 4.24. The van der Waals surface area contributed by atoms with Crippen LogP contribution in [0.4, 0.5) is 0 Å². The van der Waals surface area contributed by atoms with Crippen LogP contribution in [0.1, 0.15) is 11.1 Å². The van der Waals surface area contributed by atoms with Gasteiger partial charge in [-0.3, -0.25) is 4.99 Å². The average molecular weight is 343 g/mol. The minimum Gasteiger partial charge on any atom is -0.497 e. The van der Waals surface area contributed by atoms with Crippen molar-refractivity contribution in [3.8, 4) is 17.2 Å². The van der Waals surface area contributed by atoms with Crippen LogP contribution in [0, 0.1) is 0 Å². The van der Waals surface area contributed by atoms with E-state index in [1.165, 1.54) is 0 Å². The van der Waals surface area contributed by atoms with Gasteiger partial charge in [0, 0.05) is 20.1 Å². The number of guanidine groups is 1. The predicted molar refractivity (Wildman–Crippen MR) is 99.6 cm³/mol. The van der Waals surface area contributed by atoms with E-state index in [9.17, 15) is 0 Å². The summed E-state index contributed by atoms with van der Waals surface area (Å²) >= 11 is 0. The third-order valence-corrected chi connectivity index (χ3v) is 3.75. The van der Waals surface area contributed by atoms with Gasteiger partial charge in [0.2, 0.25) is 0 Å². The molecule has 0 aliphatic rings. The summed E-state index contributed by atoms with van der Waals surface area (Å²) in [5.74, 6) is 3.00. The zero-order valence-corrected chi connectivity index (χ0v) is 15.1. The molecule has 0 bridgehead atoms. The number of nitrogens with zero attached hydrogens (tertiary/aromatic N) is 1. The molecule has 2 aromatic carbocycles. The first-order valence-electron chi connectivity index (χ1n) is 7.98. The number of aliphatic imine (C=N–C) groups is 1. The predicted octanol–water partition coefficient (Wildman–Crippen LogP) is 2.58. The van der Waals surface area contributed by atoms with Gasteiger partial charge in [-0.05, 0) is 35.4 Å². The van der Waals surface area contributed by atoms with Gasteiger partial charge in [0.25, 0.3) is 0 Å². The van der Waals surface area contributed by atoms with Gasteiger partial charge in [-0.25, -0.2) is 0 Å². The lowest BCUT2D eigenvalue weighted by molar-refractivity contribution is 0.354. The van der Waals surface area contributed by atoms with Crippen molar-refractivity contribution >= 4 is 5.96 Å². The molecule has 2 N–H and O–H groups in total. The lowest BCUT2D eigenvalue weighted by atomic mass is 10.2. The molecule has 6 nitrogen and oxygen atoms in total. The van der Waals surface area contributed by atoms with Crippen LogP contribution >= 0.6 is 0 Å². The number of rotatable bonds is 7. The molecule has 0 radical (unpaired) electrons. The summed E-state index contributed by atoms with van der Waals surface area (Å²) in [6.45, 7) is 1.30. The van der Waals surface area contributed by atoms with Crippen LogP contribution < -0.4 is 24.8 Å². The Morgan fingerprint density at radius 3 is 1.96 bits per heavy atom. The number of methoxy groups -OCH3 is 3. The van der Waals surface area contributed by atoms with Gasteiger partial charge in [0.05, 0.1) is 21.3 Å². The maximum Gasteiger partial charge on any atom is 0.191 e. The molecule has 2 rings (SSSR count). The van der Waals surface area contributed by atoms with Crippen LogP contribution in [0.2, 0.25) is 0 Å². The molecule has 0 fully saturated rings. The van der Waals surface area contributed by atoms with Gasteiger partial charge in [0.15, 0.2) is 17.5 Å². The molecule has 2 aromatic rings. The summed E-state index contributed by atoms with van der Waals surface area (Å²) in [6, 6.07) is 13.8. The SMILES string of the molecule is CN=C(NCc1ccc(OC)cc1)NCc1ccc(OC)c(OC)c1. The number of benzene rings is 2. The molecular weight excluding hydrogens is 318 g/mol. The first kappa shape index (κ1) is 18.4. The first-order chi connectivity index (χ1) is 12.2. The standard InChI is InChI=1S/C19H25N3O3/c1-20-19(21-12-14-5-8-16(23-2)9-6-14)22-13-15-7-10-17(24-3)18(11-15)25-4/h5-11H,12-13H2,1-4H3,(H2,20,21,22). The molecule has 0 unspecified atom stereocenters. The Kier molecular flexibility index (Phi) is 6.95. The number of hydrogen-bond acceptors (Lipinski definition) is 4. The third kappa shape index (κ3) is 5.31. The Morgan fingerprint density at radius 2 is 1.40 bits per heavy atom.